The van der Waals surface area contributed by atoms with Crippen LogP contribution in [0.5, 0.6) is 0 Å². The summed E-state index contributed by atoms with van der Waals surface area (Å²) >= 11 is 0. The molecule has 1 unspecified atom stereocenters. The van der Waals surface area contributed by atoms with Gasteiger partial charge in [0.25, 0.3) is 0 Å². The molecule has 2 N–H and O–H groups in total. The lowest BCUT2D eigenvalue weighted by Gasteiger charge is -2.04. The van der Waals surface area contributed by atoms with Crippen LogP contribution in [-0.4, -0.2) is 6.04 Å². The highest BCUT2D eigenvalue weighted by Gasteiger charge is 2.18. The second kappa shape index (κ2) is 11.5. The molecule has 0 radical (unpaired) electrons. The normalized spacial score (nSPS) is 19.5. The van der Waals surface area contributed by atoms with Crippen molar-refractivity contribution in [2.24, 2.45) is 5.73 Å². The first-order valence-corrected chi connectivity index (χ1v) is 6.39. The zero-order chi connectivity index (χ0) is 12.3. The van der Waals surface area contributed by atoms with Crippen molar-refractivity contribution in [3.8, 4) is 0 Å². The zero-order valence-electron chi connectivity index (χ0n) is 11.4. The van der Waals surface area contributed by atoms with E-state index in [1.54, 1.807) is 5.57 Å². The average Bonchev–Trinajstić information content (AvgIpc) is 2.66. The molecular weight excluding hydrogens is 182 g/mol. The molecule has 0 fully saturated rings. The van der Waals surface area contributed by atoms with Crippen LogP contribution in [-0.2, 0) is 0 Å². The predicted octanol–water partition coefficient (Wildman–Crippen LogP) is 4.44. The Morgan fingerprint density at radius 3 is 2.20 bits per heavy atom. The molecule has 0 amide bonds. The predicted molar refractivity (Wildman–Crippen MR) is 72.0 cm³/mol. The molecule has 0 bridgehead atoms. The summed E-state index contributed by atoms with van der Waals surface area (Å²) in [6.07, 6.45) is 7.75. The minimum Gasteiger partial charge on any atom is -0.324 e. The van der Waals surface area contributed by atoms with Crippen LogP contribution in [0, 0.1) is 0 Å². The second-order valence-corrected chi connectivity index (χ2v) is 3.06. The highest BCUT2D eigenvalue weighted by Crippen LogP contribution is 2.28. The molecule has 0 aromatic heterocycles. The number of nitrogens with two attached hydrogens (primary N) is 1. The molecular formula is C14H29N. The van der Waals surface area contributed by atoms with Crippen molar-refractivity contribution in [1.29, 1.82) is 0 Å². The van der Waals surface area contributed by atoms with Crippen molar-refractivity contribution >= 4 is 0 Å². The van der Waals surface area contributed by atoms with Crippen LogP contribution < -0.4 is 5.73 Å². The molecule has 0 aromatic carbocycles. The van der Waals surface area contributed by atoms with Gasteiger partial charge in [0.05, 0.1) is 0 Å². The number of hydrogen-bond donors (Lipinski definition) is 1. The van der Waals surface area contributed by atoms with Crippen molar-refractivity contribution in [2.45, 2.75) is 66.8 Å². The minimum absolute atomic E-state index is 0.307. The minimum atomic E-state index is 0.307. The van der Waals surface area contributed by atoms with Crippen molar-refractivity contribution in [3.05, 3.63) is 23.3 Å². The van der Waals surface area contributed by atoms with Crippen LogP contribution in [0.4, 0.5) is 0 Å². The van der Waals surface area contributed by atoms with Crippen LogP contribution in [0.25, 0.3) is 0 Å². The molecule has 1 nitrogen and oxygen atoms in total. The highest BCUT2D eigenvalue weighted by molar-refractivity contribution is 5.34. The van der Waals surface area contributed by atoms with Gasteiger partial charge in [0.2, 0.25) is 0 Å². The van der Waals surface area contributed by atoms with E-state index < -0.39 is 0 Å². The van der Waals surface area contributed by atoms with Gasteiger partial charge in [-0.2, -0.15) is 0 Å². The van der Waals surface area contributed by atoms with Crippen molar-refractivity contribution in [2.75, 3.05) is 0 Å². The first-order valence-electron chi connectivity index (χ1n) is 6.39. The van der Waals surface area contributed by atoms with Crippen LogP contribution in [0.2, 0.25) is 0 Å². The van der Waals surface area contributed by atoms with Gasteiger partial charge in [0.1, 0.15) is 0 Å². The van der Waals surface area contributed by atoms with Gasteiger partial charge in [0, 0.05) is 6.04 Å². The zero-order valence-corrected chi connectivity index (χ0v) is 11.4. The molecule has 1 aliphatic rings. The smallest absolute Gasteiger partial charge is 0.0297 e. The Kier molecular flexibility index (Phi) is 12.9. The van der Waals surface area contributed by atoms with Crippen molar-refractivity contribution < 1.29 is 0 Å². The van der Waals surface area contributed by atoms with Gasteiger partial charge in [-0.15, -0.1) is 0 Å². The Bertz CT molecular complexity index is 190. The third-order valence-corrected chi connectivity index (χ3v) is 2.34. The third-order valence-electron chi connectivity index (χ3n) is 2.34. The molecule has 0 spiro atoms. The number of allylic oxidation sites excluding steroid dienone is 2. The molecule has 0 aliphatic heterocycles. The van der Waals surface area contributed by atoms with Crippen LogP contribution in [0.1, 0.15) is 60.8 Å². The fourth-order valence-electron chi connectivity index (χ4n) is 1.69. The maximum Gasteiger partial charge on any atom is 0.0297 e. The number of rotatable bonds is 2. The van der Waals surface area contributed by atoms with Gasteiger partial charge in [0.15, 0.2) is 0 Å². The Balaban J connectivity index is 0. The third kappa shape index (κ3) is 5.78. The number of hydrogen-bond acceptors (Lipinski definition) is 1. The molecule has 15 heavy (non-hydrogen) atoms. The molecule has 0 saturated carbocycles. The molecule has 0 aromatic rings. The van der Waals surface area contributed by atoms with Crippen molar-refractivity contribution in [1.82, 2.24) is 0 Å². The van der Waals surface area contributed by atoms with E-state index in [1.807, 2.05) is 34.6 Å². The summed E-state index contributed by atoms with van der Waals surface area (Å²) in [5.74, 6) is 0. The van der Waals surface area contributed by atoms with Gasteiger partial charge >= 0.3 is 0 Å². The Hall–Kier alpha value is -0.560. The van der Waals surface area contributed by atoms with E-state index in [0.29, 0.717) is 6.04 Å². The van der Waals surface area contributed by atoms with E-state index in [0.717, 1.165) is 12.8 Å². The molecule has 1 heteroatoms. The van der Waals surface area contributed by atoms with Gasteiger partial charge in [-0.3, -0.25) is 0 Å². The SMILES string of the molecule is C/C=C\C1=C(CC)CCC1N.CC.CC. The molecule has 1 aliphatic carbocycles. The van der Waals surface area contributed by atoms with Crippen LogP contribution >= 0.6 is 0 Å². The van der Waals surface area contributed by atoms with E-state index in [9.17, 15) is 0 Å². The highest BCUT2D eigenvalue weighted by atomic mass is 14.6. The maximum atomic E-state index is 5.92. The lowest BCUT2D eigenvalue weighted by Crippen LogP contribution is -2.17. The molecule has 0 heterocycles. The summed E-state index contributed by atoms with van der Waals surface area (Å²) in [5, 5.41) is 0. The lowest BCUT2D eigenvalue weighted by atomic mass is 10.1. The fourth-order valence-corrected chi connectivity index (χ4v) is 1.69. The van der Waals surface area contributed by atoms with E-state index >= 15 is 0 Å². The first-order chi connectivity index (χ1) is 7.29. The Labute approximate surface area is 96.5 Å². The van der Waals surface area contributed by atoms with E-state index in [-0.39, 0.29) is 0 Å². The largest absolute Gasteiger partial charge is 0.324 e. The molecule has 90 valence electrons. The summed E-state index contributed by atoms with van der Waals surface area (Å²) < 4.78 is 0. The van der Waals surface area contributed by atoms with Gasteiger partial charge in [-0.05, 0) is 31.8 Å². The van der Waals surface area contributed by atoms with E-state index in [1.165, 1.54) is 12.0 Å². The molecule has 0 saturated heterocycles. The summed E-state index contributed by atoms with van der Waals surface area (Å²) in [6.45, 7) is 12.3. The van der Waals surface area contributed by atoms with Gasteiger partial charge in [-0.25, -0.2) is 0 Å². The van der Waals surface area contributed by atoms with E-state index in [2.05, 4.69) is 19.1 Å². The quantitative estimate of drug-likeness (QED) is 0.718. The fraction of sp³-hybridized carbons (Fsp3) is 0.714. The van der Waals surface area contributed by atoms with E-state index in [4.69, 9.17) is 5.73 Å². The Morgan fingerprint density at radius 1 is 1.27 bits per heavy atom. The van der Waals surface area contributed by atoms with Crippen LogP contribution in [0.3, 0.4) is 0 Å². The van der Waals surface area contributed by atoms with Crippen molar-refractivity contribution in [3.63, 3.8) is 0 Å². The summed E-state index contributed by atoms with van der Waals surface area (Å²) in [4.78, 5) is 0. The Morgan fingerprint density at radius 2 is 1.80 bits per heavy atom. The first kappa shape index (κ1) is 16.9. The standard InChI is InChI=1S/C10H17N.2C2H6/c1-3-5-9-8(4-2)6-7-10(9)11;2*1-2/h3,5,10H,4,6-7,11H2,1-2H3;2*1-2H3/b5-3-;;. The van der Waals surface area contributed by atoms with Gasteiger partial charge < -0.3 is 5.73 Å². The summed E-state index contributed by atoms with van der Waals surface area (Å²) in [5.41, 5.74) is 8.86. The summed E-state index contributed by atoms with van der Waals surface area (Å²) in [7, 11) is 0. The summed E-state index contributed by atoms with van der Waals surface area (Å²) in [6, 6.07) is 0.307. The monoisotopic (exact) mass is 211 g/mol. The molecule has 1 atom stereocenters. The second-order valence-electron chi connectivity index (χ2n) is 3.06. The lowest BCUT2D eigenvalue weighted by molar-refractivity contribution is 0.755. The maximum absolute atomic E-state index is 5.92. The molecule has 1 rings (SSSR count). The topological polar surface area (TPSA) is 26.0 Å². The van der Waals surface area contributed by atoms with Crippen LogP contribution in [0.15, 0.2) is 23.3 Å². The van der Waals surface area contributed by atoms with Gasteiger partial charge in [-0.1, -0.05) is 52.3 Å². The average molecular weight is 211 g/mol.